The van der Waals surface area contributed by atoms with Gasteiger partial charge in [0, 0.05) is 12.8 Å². The number of unbranched alkanes of at least 4 members (excludes halogenated alkanes) is 1. The molecule has 1 aliphatic rings. The summed E-state index contributed by atoms with van der Waals surface area (Å²) in [7, 11) is 0. The van der Waals surface area contributed by atoms with Gasteiger partial charge in [-0.15, -0.1) is 0 Å². The average Bonchev–Trinajstić information content (AvgIpc) is 2.25. The Morgan fingerprint density at radius 1 is 1.50 bits per heavy atom. The topological polar surface area (TPSA) is 46.5 Å². The maximum absolute atomic E-state index is 10.8. The molecule has 0 radical (unpaired) electrons. The van der Waals surface area contributed by atoms with E-state index in [9.17, 15) is 4.79 Å². The normalized spacial score (nSPS) is 14.8. The van der Waals surface area contributed by atoms with Crippen LogP contribution in [0.15, 0.2) is 24.2 Å². The molecule has 0 amide bonds. The molecule has 78 valence electrons. The van der Waals surface area contributed by atoms with E-state index in [-0.39, 0.29) is 12.4 Å². The summed E-state index contributed by atoms with van der Waals surface area (Å²) < 4.78 is 5.26. The lowest BCUT2D eigenvalue weighted by atomic mass is 10.1. The van der Waals surface area contributed by atoms with Crippen molar-refractivity contribution in [1.82, 2.24) is 0 Å². The van der Waals surface area contributed by atoms with Crippen molar-refractivity contribution in [1.29, 1.82) is 0 Å². The standard InChI is InChI=1S/C11H16O3/c12-9-10(13)5-1-2-6-11-7-3-4-8-14-11/h4,7-8,12H,1-3,5-6,9H2. The molecule has 0 fully saturated rings. The van der Waals surface area contributed by atoms with Crippen LogP contribution in [0.1, 0.15) is 32.1 Å². The quantitative estimate of drug-likeness (QED) is 0.660. The molecule has 0 atom stereocenters. The van der Waals surface area contributed by atoms with Crippen molar-refractivity contribution in [3.8, 4) is 0 Å². The van der Waals surface area contributed by atoms with Gasteiger partial charge in [0.2, 0.25) is 0 Å². The SMILES string of the molecule is O=C(CO)CCCCC1=CCC=CO1. The summed E-state index contributed by atoms with van der Waals surface area (Å²) in [6.45, 7) is -0.331. The Morgan fingerprint density at radius 2 is 2.36 bits per heavy atom. The molecule has 0 saturated heterocycles. The van der Waals surface area contributed by atoms with Crippen LogP contribution in [0.4, 0.5) is 0 Å². The molecule has 0 aliphatic carbocycles. The summed E-state index contributed by atoms with van der Waals surface area (Å²) in [4.78, 5) is 10.8. The number of aliphatic hydroxyl groups is 1. The molecule has 0 aromatic carbocycles. The van der Waals surface area contributed by atoms with Crippen LogP contribution < -0.4 is 0 Å². The molecule has 0 spiro atoms. The highest BCUT2D eigenvalue weighted by Gasteiger charge is 2.02. The summed E-state index contributed by atoms with van der Waals surface area (Å²) in [5, 5.41) is 8.49. The van der Waals surface area contributed by atoms with Gasteiger partial charge in [0.05, 0.1) is 12.0 Å². The van der Waals surface area contributed by atoms with E-state index in [1.807, 2.05) is 12.2 Å². The third kappa shape index (κ3) is 4.23. The fourth-order valence-corrected chi connectivity index (χ4v) is 1.30. The first kappa shape index (κ1) is 11.0. The number of ketones is 1. The van der Waals surface area contributed by atoms with E-state index in [0.717, 1.165) is 31.4 Å². The second kappa shape index (κ2) is 6.38. The maximum atomic E-state index is 10.8. The molecule has 1 rings (SSSR count). The summed E-state index contributed by atoms with van der Waals surface area (Å²) in [6, 6.07) is 0. The van der Waals surface area contributed by atoms with Gasteiger partial charge in [0.25, 0.3) is 0 Å². The lowest BCUT2D eigenvalue weighted by Gasteiger charge is -2.08. The summed E-state index contributed by atoms with van der Waals surface area (Å²) in [6.07, 6.45) is 9.75. The zero-order valence-electron chi connectivity index (χ0n) is 8.24. The summed E-state index contributed by atoms with van der Waals surface area (Å²) >= 11 is 0. The van der Waals surface area contributed by atoms with Gasteiger partial charge in [0.15, 0.2) is 5.78 Å². The van der Waals surface area contributed by atoms with Crippen LogP contribution in [-0.4, -0.2) is 17.5 Å². The Labute approximate surface area is 84.1 Å². The summed E-state index contributed by atoms with van der Waals surface area (Å²) in [5.41, 5.74) is 0. The van der Waals surface area contributed by atoms with Crippen molar-refractivity contribution in [2.24, 2.45) is 0 Å². The zero-order valence-corrected chi connectivity index (χ0v) is 8.24. The average molecular weight is 196 g/mol. The highest BCUT2D eigenvalue weighted by Crippen LogP contribution is 2.15. The van der Waals surface area contributed by atoms with Gasteiger partial charge < -0.3 is 9.84 Å². The third-order valence-electron chi connectivity index (χ3n) is 2.10. The zero-order chi connectivity index (χ0) is 10.2. The minimum atomic E-state index is -0.331. The van der Waals surface area contributed by atoms with Crippen molar-refractivity contribution in [2.45, 2.75) is 32.1 Å². The molecule has 3 nitrogen and oxygen atoms in total. The molecule has 0 aromatic heterocycles. The monoisotopic (exact) mass is 196 g/mol. The molecule has 1 heterocycles. The minimum absolute atomic E-state index is 0.0802. The van der Waals surface area contributed by atoms with Crippen molar-refractivity contribution in [2.75, 3.05) is 6.61 Å². The molecular formula is C11H16O3. The van der Waals surface area contributed by atoms with Crippen LogP contribution in [0, 0.1) is 0 Å². The predicted molar refractivity (Wildman–Crippen MR) is 53.5 cm³/mol. The molecule has 0 saturated carbocycles. The van der Waals surface area contributed by atoms with E-state index in [2.05, 4.69) is 0 Å². The van der Waals surface area contributed by atoms with Crippen molar-refractivity contribution in [3.63, 3.8) is 0 Å². The van der Waals surface area contributed by atoms with E-state index in [4.69, 9.17) is 9.84 Å². The van der Waals surface area contributed by atoms with Gasteiger partial charge >= 0.3 is 0 Å². The molecular weight excluding hydrogens is 180 g/mol. The van der Waals surface area contributed by atoms with Crippen LogP contribution in [0.2, 0.25) is 0 Å². The number of carbonyl (C=O) groups excluding carboxylic acids is 1. The first-order valence-electron chi connectivity index (χ1n) is 4.96. The number of Topliss-reactive ketones (excluding diaryl/α,β-unsaturated/α-hetero) is 1. The van der Waals surface area contributed by atoms with Gasteiger partial charge in [-0.2, -0.15) is 0 Å². The Kier molecular flexibility index (Phi) is 5.00. The second-order valence-corrected chi connectivity index (χ2v) is 3.30. The molecule has 0 bridgehead atoms. The van der Waals surface area contributed by atoms with Crippen LogP contribution in [0.25, 0.3) is 0 Å². The van der Waals surface area contributed by atoms with E-state index in [1.54, 1.807) is 6.26 Å². The number of rotatable bonds is 6. The van der Waals surface area contributed by atoms with Crippen molar-refractivity contribution in [3.05, 3.63) is 24.2 Å². The molecule has 14 heavy (non-hydrogen) atoms. The molecule has 0 unspecified atom stereocenters. The smallest absolute Gasteiger partial charge is 0.158 e. The lowest BCUT2D eigenvalue weighted by molar-refractivity contribution is -0.121. The Bertz CT molecular complexity index is 241. The molecule has 1 N–H and O–H groups in total. The molecule has 3 heteroatoms. The van der Waals surface area contributed by atoms with Gasteiger partial charge in [-0.3, -0.25) is 4.79 Å². The third-order valence-corrected chi connectivity index (χ3v) is 2.10. The van der Waals surface area contributed by atoms with E-state index in [1.165, 1.54) is 0 Å². The van der Waals surface area contributed by atoms with E-state index >= 15 is 0 Å². The van der Waals surface area contributed by atoms with Gasteiger partial charge in [-0.05, 0) is 31.4 Å². The second-order valence-electron chi connectivity index (χ2n) is 3.30. The van der Waals surface area contributed by atoms with E-state index in [0.29, 0.717) is 6.42 Å². The molecule has 0 aromatic rings. The Hall–Kier alpha value is -1.09. The highest BCUT2D eigenvalue weighted by molar-refractivity contribution is 5.79. The first-order valence-corrected chi connectivity index (χ1v) is 4.96. The number of allylic oxidation sites excluding steroid dienone is 3. The number of ether oxygens (including phenoxy) is 1. The predicted octanol–water partition coefficient (Wildman–Crippen LogP) is 1.93. The number of hydrogen-bond donors (Lipinski definition) is 1. The van der Waals surface area contributed by atoms with Crippen LogP contribution in [0.5, 0.6) is 0 Å². The highest BCUT2D eigenvalue weighted by atomic mass is 16.5. The van der Waals surface area contributed by atoms with Crippen molar-refractivity contribution >= 4 is 5.78 Å². The largest absolute Gasteiger partial charge is 0.470 e. The van der Waals surface area contributed by atoms with Gasteiger partial charge in [-0.25, -0.2) is 0 Å². The number of aliphatic hydroxyl groups excluding tert-OH is 1. The minimum Gasteiger partial charge on any atom is -0.470 e. The van der Waals surface area contributed by atoms with Crippen molar-refractivity contribution < 1.29 is 14.6 Å². The lowest BCUT2D eigenvalue weighted by Crippen LogP contribution is -2.02. The number of carbonyl (C=O) groups is 1. The number of hydrogen-bond acceptors (Lipinski definition) is 3. The Morgan fingerprint density at radius 3 is 3.00 bits per heavy atom. The Balaban J connectivity index is 2.04. The fraction of sp³-hybridized carbons (Fsp3) is 0.545. The summed E-state index contributed by atoms with van der Waals surface area (Å²) in [5.74, 6) is 0.910. The fourth-order valence-electron chi connectivity index (χ4n) is 1.30. The van der Waals surface area contributed by atoms with Gasteiger partial charge in [0.1, 0.15) is 6.61 Å². The van der Waals surface area contributed by atoms with Gasteiger partial charge in [-0.1, -0.05) is 0 Å². The van der Waals surface area contributed by atoms with Crippen LogP contribution >= 0.6 is 0 Å². The van der Waals surface area contributed by atoms with Crippen LogP contribution in [-0.2, 0) is 9.53 Å². The first-order chi connectivity index (χ1) is 6.83. The molecule has 1 aliphatic heterocycles. The maximum Gasteiger partial charge on any atom is 0.158 e. The van der Waals surface area contributed by atoms with Crippen LogP contribution in [0.3, 0.4) is 0 Å². The van der Waals surface area contributed by atoms with E-state index < -0.39 is 0 Å².